The second kappa shape index (κ2) is 9.13. The molecule has 3 aromatic heterocycles. The molecule has 0 radical (unpaired) electrons. The van der Waals surface area contributed by atoms with Crippen LogP contribution in [0.3, 0.4) is 0 Å². The Hall–Kier alpha value is -3.13. The zero-order valence-corrected chi connectivity index (χ0v) is 17.5. The lowest BCUT2D eigenvalue weighted by molar-refractivity contribution is -0.140. The van der Waals surface area contributed by atoms with Crippen molar-refractivity contribution in [2.45, 2.75) is 31.5 Å². The molecule has 0 amide bonds. The van der Waals surface area contributed by atoms with Gasteiger partial charge in [-0.3, -0.25) is 9.78 Å². The van der Waals surface area contributed by atoms with Crippen LogP contribution in [0.4, 0.5) is 0 Å². The van der Waals surface area contributed by atoms with Gasteiger partial charge in [-0.2, -0.15) is 0 Å². The summed E-state index contributed by atoms with van der Waals surface area (Å²) in [7, 11) is 1.41. The molecule has 0 aromatic carbocycles. The number of rotatable bonds is 8. The third-order valence-corrected chi connectivity index (χ3v) is 5.63. The van der Waals surface area contributed by atoms with E-state index in [1.165, 1.54) is 7.11 Å². The number of thiocarbonyl (C=S) groups is 1. The van der Waals surface area contributed by atoms with E-state index in [-0.39, 0.29) is 18.1 Å². The topological polar surface area (TPSA) is 72.5 Å². The first-order valence-electron chi connectivity index (χ1n) is 9.89. The van der Waals surface area contributed by atoms with Gasteiger partial charge in [-0.1, -0.05) is 6.07 Å². The van der Waals surface area contributed by atoms with Crippen LogP contribution < -0.4 is 5.32 Å². The predicted molar refractivity (Wildman–Crippen MR) is 116 cm³/mol. The molecule has 1 N–H and O–H groups in total. The highest BCUT2D eigenvalue weighted by Gasteiger charge is 2.40. The molecule has 7 nitrogen and oxygen atoms in total. The number of carbonyl (C=O) groups is 1. The molecular weight excluding hydrogens is 400 g/mol. The van der Waals surface area contributed by atoms with Crippen molar-refractivity contribution in [2.75, 3.05) is 13.7 Å². The molecule has 0 saturated carbocycles. The van der Waals surface area contributed by atoms with Crippen LogP contribution >= 0.6 is 12.2 Å². The molecule has 3 aromatic rings. The number of nitrogens with zero attached hydrogens (tertiary/aromatic N) is 3. The maximum absolute atomic E-state index is 11.6. The van der Waals surface area contributed by atoms with Gasteiger partial charge in [-0.05, 0) is 55.0 Å². The molecule has 0 spiro atoms. The fourth-order valence-electron chi connectivity index (χ4n) is 3.87. The average Bonchev–Trinajstić information content (AvgIpc) is 3.50. The first kappa shape index (κ1) is 20.2. The lowest BCUT2D eigenvalue weighted by atomic mass is 10.0. The van der Waals surface area contributed by atoms with Crippen molar-refractivity contribution in [3.05, 3.63) is 78.3 Å². The van der Waals surface area contributed by atoms with E-state index in [9.17, 15) is 4.79 Å². The fourth-order valence-corrected chi connectivity index (χ4v) is 4.21. The Labute approximate surface area is 180 Å². The summed E-state index contributed by atoms with van der Waals surface area (Å²) in [6.45, 7) is 1.27. The molecule has 8 heteroatoms. The maximum Gasteiger partial charge on any atom is 0.305 e. The zero-order chi connectivity index (χ0) is 20.9. The number of methoxy groups -OCH3 is 1. The highest BCUT2D eigenvalue weighted by Crippen LogP contribution is 2.39. The van der Waals surface area contributed by atoms with E-state index in [0.717, 1.165) is 17.1 Å². The Morgan fingerprint density at radius 2 is 2.17 bits per heavy atom. The molecule has 0 unspecified atom stereocenters. The molecule has 4 heterocycles. The van der Waals surface area contributed by atoms with Crippen LogP contribution in [0.15, 0.2) is 65.5 Å². The quantitative estimate of drug-likeness (QED) is 0.439. The van der Waals surface area contributed by atoms with E-state index in [2.05, 4.69) is 25.8 Å². The van der Waals surface area contributed by atoms with Crippen molar-refractivity contribution in [1.29, 1.82) is 0 Å². The summed E-state index contributed by atoms with van der Waals surface area (Å²) in [6, 6.07) is 13.7. The van der Waals surface area contributed by atoms with Crippen molar-refractivity contribution in [1.82, 2.24) is 19.8 Å². The second-order valence-corrected chi connectivity index (χ2v) is 7.53. The minimum Gasteiger partial charge on any atom is -0.469 e. The van der Waals surface area contributed by atoms with Crippen molar-refractivity contribution in [3.8, 4) is 0 Å². The third-order valence-electron chi connectivity index (χ3n) is 5.28. The Balaban J connectivity index is 1.64. The van der Waals surface area contributed by atoms with E-state index in [0.29, 0.717) is 31.0 Å². The first-order valence-corrected chi connectivity index (χ1v) is 10.3. The van der Waals surface area contributed by atoms with E-state index >= 15 is 0 Å². The standard InChI is InChI=1S/C22H24N4O3S/c1-28-19(27)10-5-13-26-21(20(24-22(26)30)17-8-2-3-11-23-17)18-9-4-12-25(18)15-16-7-6-14-29-16/h2-4,6-9,11-12,14,20-21H,5,10,13,15H2,1H3,(H,24,30)/t20-,21+/m0/s1. The largest absolute Gasteiger partial charge is 0.469 e. The van der Waals surface area contributed by atoms with Crippen LogP contribution in [0.25, 0.3) is 0 Å². The van der Waals surface area contributed by atoms with E-state index in [1.807, 2.05) is 42.6 Å². The molecule has 30 heavy (non-hydrogen) atoms. The summed E-state index contributed by atoms with van der Waals surface area (Å²) in [5.74, 6) is 0.666. The maximum atomic E-state index is 11.6. The van der Waals surface area contributed by atoms with Gasteiger partial charge in [0.2, 0.25) is 0 Å². The summed E-state index contributed by atoms with van der Waals surface area (Å²) < 4.78 is 12.5. The van der Waals surface area contributed by atoms with Gasteiger partial charge in [-0.25, -0.2) is 0 Å². The van der Waals surface area contributed by atoms with E-state index in [1.54, 1.807) is 12.5 Å². The van der Waals surface area contributed by atoms with E-state index < -0.39 is 0 Å². The number of hydrogen-bond donors (Lipinski definition) is 1. The van der Waals surface area contributed by atoms with Crippen LogP contribution in [-0.2, 0) is 16.1 Å². The van der Waals surface area contributed by atoms with Gasteiger partial charge in [-0.15, -0.1) is 0 Å². The zero-order valence-electron chi connectivity index (χ0n) is 16.7. The van der Waals surface area contributed by atoms with E-state index in [4.69, 9.17) is 21.4 Å². The Morgan fingerprint density at radius 1 is 1.27 bits per heavy atom. The fraction of sp³-hybridized carbons (Fsp3) is 0.318. The van der Waals surface area contributed by atoms with Crippen LogP contribution in [0.5, 0.6) is 0 Å². The number of ether oxygens (including phenoxy) is 1. The molecule has 156 valence electrons. The molecular formula is C22H24N4O3S. The summed E-state index contributed by atoms with van der Waals surface area (Å²) in [5, 5.41) is 4.10. The average molecular weight is 425 g/mol. The molecule has 1 aliphatic rings. The third kappa shape index (κ3) is 4.23. The van der Waals surface area contributed by atoms with Gasteiger partial charge in [0, 0.05) is 31.1 Å². The number of hydrogen-bond acceptors (Lipinski definition) is 5. The molecule has 4 rings (SSSR count). The lowest BCUT2D eigenvalue weighted by Gasteiger charge is -2.28. The van der Waals surface area contributed by atoms with Crippen LogP contribution in [0.2, 0.25) is 0 Å². The van der Waals surface area contributed by atoms with Gasteiger partial charge >= 0.3 is 5.97 Å². The molecule has 2 atom stereocenters. The summed E-state index contributed by atoms with van der Waals surface area (Å²) in [6.07, 6.45) is 6.52. The Kier molecular flexibility index (Phi) is 6.13. The number of furan rings is 1. The molecule has 1 aliphatic heterocycles. The van der Waals surface area contributed by atoms with Crippen molar-refractivity contribution in [2.24, 2.45) is 0 Å². The lowest BCUT2D eigenvalue weighted by Crippen LogP contribution is -2.32. The summed E-state index contributed by atoms with van der Waals surface area (Å²) in [5.41, 5.74) is 2.03. The van der Waals surface area contributed by atoms with Crippen LogP contribution in [-0.4, -0.2) is 39.2 Å². The number of aromatic nitrogens is 2. The number of esters is 1. The van der Waals surface area contributed by atoms with Crippen molar-refractivity contribution >= 4 is 23.3 Å². The van der Waals surface area contributed by atoms with Crippen molar-refractivity contribution < 1.29 is 13.9 Å². The monoisotopic (exact) mass is 424 g/mol. The number of carbonyl (C=O) groups excluding carboxylic acids is 1. The van der Waals surface area contributed by atoms with Crippen LogP contribution in [0, 0.1) is 0 Å². The predicted octanol–water partition coefficient (Wildman–Crippen LogP) is 3.45. The van der Waals surface area contributed by atoms with Crippen molar-refractivity contribution in [3.63, 3.8) is 0 Å². The highest BCUT2D eigenvalue weighted by molar-refractivity contribution is 7.80. The van der Waals surface area contributed by atoms with Crippen LogP contribution in [0.1, 0.15) is 42.1 Å². The SMILES string of the molecule is COC(=O)CCCN1C(=S)N[C@@H](c2ccccn2)[C@H]1c1cccn1Cc1ccco1. The van der Waals surface area contributed by atoms with Gasteiger partial charge < -0.3 is 23.9 Å². The minimum absolute atomic E-state index is 0.0602. The van der Waals surface area contributed by atoms with Gasteiger partial charge in [0.15, 0.2) is 5.11 Å². The van der Waals surface area contributed by atoms with Gasteiger partial charge in [0.05, 0.1) is 37.7 Å². The smallest absolute Gasteiger partial charge is 0.305 e. The van der Waals surface area contributed by atoms with Gasteiger partial charge in [0.25, 0.3) is 0 Å². The molecule has 1 fully saturated rings. The minimum atomic E-state index is -0.216. The normalized spacial score (nSPS) is 18.4. The highest BCUT2D eigenvalue weighted by atomic mass is 32.1. The number of pyridine rings is 1. The molecule has 0 bridgehead atoms. The summed E-state index contributed by atoms with van der Waals surface area (Å²) >= 11 is 5.68. The number of nitrogens with one attached hydrogen (secondary N) is 1. The Morgan fingerprint density at radius 3 is 2.90 bits per heavy atom. The molecule has 1 saturated heterocycles. The second-order valence-electron chi connectivity index (χ2n) is 7.14. The molecule has 0 aliphatic carbocycles. The first-order chi connectivity index (χ1) is 14.7. The summed E-state index contributed by atoms with van der Waals surface area (Å²) in [4.78, 5) is 18.3. The Bertz CT molecular complexity index is 987. The van der Waals surface area contributed by atoms with Gasteiger partial charge in [0.1, 0.15) is 5.76 Å².